The van der Waals surface area contributed by atoms with E-state index in [1.54, 1.807) is 0 Å². The highest BCUT2D eigenvalue weighted by molar-refractivity contribution is 5.92. The SMILES string of the molecule is CNCCNc1nc2ccccc2c2nnc(C3CC3)n12. The van der Waals surface area contributed by atoms with Crippen molar-refractivity contribution in [2.75, 3.05) is 25.5 Å². The van der Waals surface area contributed by atoms with Gasteiger partial charge in [0.15, 0.2) is 5.65 Å². The van der Waals surface area contributed by atoms with Crippen LogP contribution in [0.25, 0.3) is 16.6 Å². The van der Waals surface area contributed by atoms with Gasteiger partial charge in [-0.3, -0.25) is 0 Å². The third kappa shape index (κ3) is 2.12. The van der Waals surface area contributed by atoms with Gasteiger partial charge in [0.05, 0.1) is 5.52 Å². The fourth-order valence-electron chi connectivity index (χ4n) is 2.63. The molecule has 3 aromatic rings. The fourth-order valence-corrected chi connectivity index (χ4v) is 2.63. The first-order valence-corrected chi connectivity index (χ1v) is 7.40. The van der Waals surface area contributed by atoms with Crippen LogP contribution >= 0.6 is 0 Å². The van der Waals surface area contributed by atoms with Crippen molar-refractivity contribution in [3.8, 4) is 0 Å². The van der Waals surface area contributed by atoms with E-state index in [4.69, 9.17) is 4.98 Å². The van der Waals surface area contributed by atoms with Gasteiger partial charge in [0.2, 0.25) is 5.95 Å². The Morgan fingerprint density at radius 2 is 2.05 bits per heavy atom. The fraction of sp³-hybridized carbons (Fsp3) is 0.400. The molecule has 0 spiro atoms. The number of nitrogens with one attached hydrogen (secondary N) is 2. The van der Waals surface area contributed by atoms with E-state index in [9.17, 15) is 0 Å². The minimum Gasteiger partial charge on any atom is -0.354 e. The largest absolute Gasteiger partial charge is 0.354 e. The van der Waals surface area contributed by atoms with E-state index in [0.29, 0.717) is 5.92 Å². The van der Waals surface area contributed by atoms with Crippen molar-refractivity contribution in [2.45, 2.75) is 18.8 Å². The highest BCUT2D eigenvalue weighted by Crippen LogP contribution is 2.40. The molecule has 108 valence electrons. The molecule has 1 aromatic carbocycles. The van der Waals surface area contributed by atoms with E-state index in [0.717, 1.165) is 41.4 Å². The molecule has 6 heteroatoms. The molecule has 1 fully saturated rings. The van der Waals surface area contributed by atoms with Crippen LogP contribution in [0.1, 0.15) is 24.6 Å². The third-order valence-electron chi connectivity index (χ3n) is 3.87. The molecule has 1 saturated carbocycles. The third-order valence-corrected chi connectivity index (χ3v) is 3.87. The van der Waals surface area contributed by atoms with Gasteiger partial charge in [0.25, 0.3) is 0 Å². The molecule has 2 aromatic heterocycles. The molecule has 0 atom stereocenters. The Hall–Kier alpha value is -2.21. The van der Waals surface area contributed by atoms with E-state index >= 15 is 0 Å². The number of aromatic nitrogens is 4. The van der Waals surface area contributed by atoms with Gasteiger partial charge in [-0.25, -0.2) is 9.38 Å². The van der Waals surface area contributed by atoms with Gasteiger partial charge in [-0.15, -0.1) is 10.2 Å². The summed E-state index contributed by atoms with van der Waals surface area (Å²) in [5.41, 5.74) is 1.85. The van der Waals surface area contributed by atoms with Gasteiger partial charge in [-0.2, -0.15) is 0 Å². The molecule has 0 unspecified atom stereocenters. The van der Waals surface area contributed by atoms with Crippen LogP contribution in [0.4, 0.5) is 5.95 Å². The first kappa shape index (κ1) is 12.5. The van der Waals surface area contributed by atoms with Crippen LogP contribution in [0.15, 0.2) is 24.3 Å². The number of para-hydroxylation sites is 1. The standard InChI is InChI=1S/C15H18N6/c1-16-8-9-17-15-18-12-5-3-2-4-11(12)14-20-19-13(21(14)15)10-6-7-10/h2-5,10,16H,6-9H2,1H3,(H,17,18). The van der Waals surface area contributed by atoms with Gasteiger partial charge in [0.1, 0.15) is 5.82 Å². The van der Waals surface area contributed by atoms with Gasteiger partial charge in [-0.05, 0) is 32.0 Å². The predicted octanol–water partition coefficient (Wildman–Crippen LogP) is 1.79. The van der Waals surface area contributed by atoms with Crippen LogP contribution in [0.2, 0.25) is 0 Å². The van der Waals surface area contributed by atoms with E-state index in [2.05, 4.69) is 31.3 Å². The number of rotatable bonds is 5. The Morgan fingerprint density at radius 1 is 1.19 bits per heavy atom. The summed E-state index contributed by atoms with van der Waals surface area (Å²) in [6, 6.07) is 8.09. The average molecular weight is 282 g/mol. The molecule has 0 saturated heterocycles. The molecule has 21 heavy (non-hydrogen) atoms. The number of nitrogens with zero attached hydrogens (tertiary/aromatic N) is 4. The number of hydrogen-bond acceptors (Lipinski definition) is 5. The van der Waals surface area contributed by atoms with Crippen molar-refractivity contribution < 1.29 is 0 Å². The molecule has 2 N–H and O–H groups in total. The van der Waals surface area contributed by atoms with Gasteiger partial charge >= 0.3 is 0 Å². The Kier molecular flexibility index (Phi) is 2.96. The maximum Gasteiger partial charge on any atom is 0.210 e. The molecule has 2 heterocycles. The number of likely N-dealkylation sites (N-methyl/N-ethyl adjacent to an activating group) is 1. The lowest BCUT2D eigenvalue weighted by Crippen LogP contribution is -2.20. The summed E-state index contributed by atoms with van der Waals surface area (Å²) < 4.78 is 2.09. The monoisotopic (exact) mass is 282 g/mol. The lowest BCUT2D eigenvalue weighted by atomic mass is 10.2. The molecule has 1 aliphatic carbocycles. The summed E-state index contributed by atoms with van der Waals surface area (Å²) in [5, 5.41) is 16.4. The Morgan fingerprint density at radius 3 is 2.86 bits per heavy atom. The van der Waals surface area contributed by atoms with Crippen LogP contribution in [0.3, 0.4) is 0 Å². The summed E-state index contributed by atoms with van der Waals surface area (Å²) >= 11 is 0. The number of hydrogen-bond donors (Lipinski definition) is 2. The lowest BCUT2D eigenvalue weighted by Gasteiger charge is -2.11. The zero-order valence-electron chi connectivity index (χ0n) is 12.0. The Bertz CT molecular complexity index is 789. The van der Waals surface area contributed by atoms with E-state index < -0.39 is 0 Å². The van der Waals surface area contributed by atoms with Crippen LogP contribution in [0, 0.1) is 0 Å². The minimum absolute atomic E-state index is 0.535. The molecule has 0 radical (unpaired) electrons. The van der Waals surface area contributed by atoms with Crippen molar-refractivity contribution >= 4 is 22.5 Å². The van der Waals surface area contributed by atoms with Crippen molar-refractivity contribution in [1.82, 2.24) is 24.9 Å². The number of fused-ring (bicyclic) bond motifs is 3. The van der Waals surface area contributed by atoms with E-state index in [1.807, 2.05) is 25.2 Å². The molecule has 0 aliphatic heterocycles. The lowest BCUT2D eigenvalue weighted by molar-refractivity contribution is 0.811. The predicted molar refractivity (Wildman–Crippen MR) is 82.7 cm³/mol. The van der Waals surface area contributed by atoms with Crippen molar-refractivity contribution in [2.24, 2.45) is 0 Å². The topological polar surface area (TPSA) is 67.1 Å². The van der Waals surface area contributed by atoms with Crippen molar-refractivity contribution in [1.29, 1.82) is 0 Å². The van der Waals surface area contributed by atoms with Gasteiger partial charge in [-0.1, -0.05) is 12.1 Å². The maximum absolute atomic E-state index is 4.76. The average Bonchev–Trinajstić information content (AvgIpc) is 3.26. The second-order valence-electron chi connectivity index (χ2n) is 5.47. The maximum atomic E-state index is 4.76. The van der Waals surface area contributed by atoms with Gasteiger partial charge in [0, 0.05) is 24.4 Å². The van der Waals surface area contributed by atoms with Crippen LogP contribution in [-0.2, 0) is 0 Å². The number of anilines is 1. The Balaban J connectivity index is 1.91. The normalized spacial score (nSPS) is 14.9. The second kappa shape index (κ2) is 4.96. The van der Waals surface area contributed by atoms with Crippen LogP contribution < -0.4 is 10.6 Å². The highest BCUT2D eigenvalue weighted by atomic mass is 15.3. The summed E-state index contributed by atoms with van der Waals surface area (Å²) in [6.45, 7) is 1.70. The van der Waals surface area contributed by atoms with Crippen molar-refractivity contribution in [3.63, 3.8) is 0 Å². The molecule has 6 nitrogen and oxygen atoms in total. The van der Waals surface area contributed by atoms with E-state index in [-0.39, 0.29) is 0 Å². The molecule has 1 aliphatic rings. The van der Waals surface area contributed by atoms with Crippen molar-refractivity contribution in [3.05, 3.63) is 30.1 Å². The molecule has 0 bridgehead atoms. The molecule has 4 rings (SSSR count). The Labute approximate surface area is 122 Å². The first-order valence-electron chi connectivity index (χ1n) is 7.40. The summed E-state index contributed by atoms with van der Waals surface area (Å²) in [4.78, 5) is 4.76. The summed E-state index contributed by atoms with van der Waals surface area (Å²) in [6.07, 6.45) is 2.40. The summed E-state index contributed by atoms with van der Waals surface area (Å²) in [5.74, 6) is 2.41. The van der Waals surface area contributed by atoms with E-state index in [1.165, 1.54) is 12.8 Å². The summed E-state index contributed by atoms with van der Waals surface area (Å²) in [7, 11) is 1.94. The quantitative estimate of drug-likeness (QED) is 0.698. The van der Waals surface area contributed by atoms with Gasteiger partial charge < -0.3 is 10.6 Å². The smallest absolute Gasteiger partial charge is 0.210 e. The molecule has 0 amide bonds. The van der Waals surface area contributed by atoms with Crippen LogP contribution in [0.5, 0.6) is 0 Å². The van der Waals surface area contributed by atoms with Crippen LogP contribution in [-0.4, -0.2) is 39.7 Å². The number of benzene rings is 1. The molecular formula is C15H18N6. The second-order valence-corrected chi connectivity index (χ2v) is 5.47. The first-order chi connectivity index (χ1) is 10.4. The molecular weight excluding hydrogens is 264 g/mol. The zero-order chi connectivity index (χ0) is 14.2. The zero-order valence-corrected chi connectivity index (χ0v) is 12.0. The minimum atomic E-state index is 0.535. The highest BCUT2D eigenvalue weighted by Gasteiger charge is 2.30.